The molecular formula is C15H18N2O3S2. The maximum Gasteiger partial charge on any atom is 0.350 e. The monoisotopic (exact) mass is 338 g/mol. The fourth-order valence-electron chi connectivity index (χ4n) is 2.04. The van der Waals surface area contributed by atoms with Gasteiger partial charge in [-0.2, -0.15) is 0 Å². The summed E-state index contributed by atoms with van der Waals surface area (Å²) in [4.78, 5) is 30.3. The quantitative estimate of drug-likeness (QED) is 0.842. The molecule has 0 fully saturated rings. The first-order chi connectivity index (χ1) is 10.5. The van der Waals surface area contributed by atoms with E-state index in [0.29, 0.717) is 20.6 Å². The Balaban J connectivity index is 2.15. The van der Waals surface area contributed by atoms with E-state index >= 15 is 0 Å². The van der Waals surface area contributed by atoms with Crippen molar-refractivity contribution in [3.63, 3.8) is 0 Å². The minimum Gasteiger partial charge on any atom is -0.465 e. The number of nitrogens with zero attached hydrogens (tertiary/aromatic N) is 1. The van der Waals surface area contributed by atoms with Crippen LogP contribution in [0.4, 0.5) is 5.13 Å². The molecule has 2 rings (SSSR count). The van der Waals surface area contributed by atoms with Crippen LogP contribution in [0.15, 0.2) is 6.07 Å². The van der Waals surface area contributed by atoms with Crippen LogP contribution in [0, 0.1) is 13.8 Å². The van der Waals surface area contributed by atoms with Crippen molar-refractivity contribution >= 4 is 39.7 Å². The van der Waals surface area contributed by atoms with E-state index in [1.165, 1.54) is 24.0 Å². The van der Waals surface area contributed by atoms with Gasteiger partial charge in [-0.05, 0) is 31.9 Å². The highest BCUT2D eigenvalue weighted by molar-refractivity contribution is 7.18. The Morgan fingerprint density at radius 1 is 1.32 bits per heavy atom. The van der Waals surface area contributed by atoms with Gasteiger partial charge >= 0.3 is 5.97 Å². The molecule has 2 aromatic rings. The number of hydrogen-bond donors (Lipinski definition) is 1. The number of methoxy groups -OCH3 is 1. The zero-order chi connectivity index (χ0) is 16.3. The zero-order valence-electron chi connectivity index (χ0n) is 13.0. The van der Waals surface area contributed by atoms with Gasteiger partial charge in [-0.15, -0.1) is 11.3 Å². The molecule has 0 aliphatic rings. The van der Waals surface area contributed by atoms with Crippen molar-refractivity contribution in [3.8, 4) is 0 Å². The van der Waals surface area contributed by atoms with Crippen molar-refractivity contribution < 1.29 is 14.3 Å². The van der Waals surface area contributed by atoms with Crippen LogP contribution in [0.5, 0.6) is 0 Å². The van der Waals surface area contributed by atoms with Gasteiger partial charge in [0.25, 0.3) is 5.91 Å². The largest absolute Gasteiger partial charge is 0.465 e. The predicted molar refractivity (Wildman–Crippen MR) is 89.2 cm³/mol. The Bertz CT molecular complexity index is 704. The lowest BCUT2D eigenvalue weighted by molar-refractivity contribution is 0.0605. The first-order valence-electron chi connectivity index (χ1n) is 6.92. The van der Waals surface area contributed by atoms with Crippen molar-refractivity contribution in [2.24, 2.45) is 0 Å². The van der Waals surface area contributed by atoms with Gasteiger partial charge in [-0.1, -0.05) is 24.7 Å². The van der Waals surface area contributed by atoms with E-state index < -0.39 is 5.97 Å². The Hall–Kier alpha value is -1.73. The van der Waals surface area contributed by atoms with Crippen LogP contribution >= 0.6 is 22.7 Å². The smallest absolute Gasteiger partial charge is 0.350 e. The van der Waals surface area contributed by atoms with Crippen molar-refractivity contribution in [2.75, 3.05) is 12.4 Å². The van der Waals surface area contributed by atoms with Gasteiger partial charge in [-0.3, -0.25) is 10.1 Å². The van der Waals surface area contributed by atoms with Gasteiger partial charge < -0.3 is 4.74 Å². The molecule has 0 aliphatic heterocycles. The van der Waals surface area contributed by atoms with E-state index in [-0.39, 0.29) is 5.91 Å². The second-order valence-corrected chi connectivity index (χ2v) is 7.08. The normalized spacial score (nSPS) is 10.5. The number of rotatable bonds is 5. The summed E-state index contributed by atoms with van der Waals surface area (Å²) >= 11 is 2.60. The van der Waals surface area contributed by atoms with Crippen molar-refractivity contribution in [3.05, 3.63) is 32.0 Å². The molecule has 0 radical (unpaired) electrons. The van der Waals surface area contributed by atoms with Crippen LogP contribution in [-0.2, 0) is 11.2 Å². The molecule has 1 N–H and O–H groups in total. The molecule has 118 valence electrons. The number of carbonyl (C=O) groups is 2. The minimum atomic E-state index is -0.437. The summed E-state index contributed by atoms with van der Waals surface area (Å²) in [5.74, 6) is -0.631. The number of carbonyl (C=O) groups excluding carboxylic acids is 2. The van der Waals surface area contributed by atoms with Gasteiger partial charge in [0.1, 0.15) is 4.88 Å². The molecule has 22 heavy (non-hydrogen) atoms. The second kappa shape index (κ2) is 7.02. The van der Waals surface area contributed by atoms with E-state index in [1.54, 1.807) is 6.92 Å². The molecular weight excluding hydrogens is 320 g/mol. The maximum absolute atomic E-state index is 12.3. The number of thiazole rings is 1. The molecule has 0 saturated carbocycles. The molecule has 5 nitrogen and oxygen atoms in total. The summed E-state index contributed by atoms with van der Waals surface area (Å²) < 4.78 is 4.69. The van der Waals surface area contributed by atoms with E-state index in [0.717, 1.165) is 29.1 Å². The van der Waals surface area contributed by atoms with Crippen LogP contribution in [0.1, 0.15) is 48.8 Å². The molecule has 2 heterocycles. The number of aryl methyl sites for hydroxylation is 3. The highest BCUT2D eigenvalue weighted by Gasteiger charge is 2.18. The zero-order valence-corrected chi connectivity index (χ0v) is 14.6. The summed E-state index contributed by atoms with van der Waals surface area (Å²) in [6, 6.07) is 1.93. The lowest BCUT2D eigenvalue weighted by Crippen LogP contribution is -2.09. The van der Waals surface area contributed by atoms with Crippen LogP contribution < -0.4 is 5.32 Å². The van der Waals surface area contributed by atoms with Crippen LogP contribution in [0.3, 0.4) is 0 Å². The molecule has 0 spiro atoms. The van der Waals surface area contributed by atoms with E-state index in [4.69, 9.17) is 0 Å². The SMILES string of the molecule is CCCc1cc(C(=O)Nc2nc(C)c(C(=O)OC)s2)sc1C. The average Bonchev–Trinajstić information content (AvgIpc) is 3.02. The number of anilines is 1. The Morgan fingerprint density at radius 2 is 2.05 bits per heavy atom. The Labute approximate surface area is 137 Å². The molecule has 2 aromatic heterocycles. The molecule has 0 bridgehead atoms. The third-order valence-electron chi connectivity index (χ3n) is 3.15. The number of ether oxygens (including phenoxy) is 1. The number of aromatic nitrogens is 1. The first kappa shape index (κ1) is 16.6. The number of hydrogen-bond acceptors (Lipinski definition) is 6. The maximum atomic E-state index is 12.3. The van der Waals surface area contributed by atoms with Gasteiger partial charge in [0.2, 0.25) is 0 Å². The van der Waals surface area contributed by atoms with Crippen molar-refractivity contribution in [1.82, 2.24) is 4.98 Å². The fraction of sp³-hybridized carbons (Fsp3) is 0.400. The summed E-state index contributed by atoms with van der Waals surface area (Å²) in [6.07, 6.45) is 2.02. The molecule has 0 atom stereocenters. The lowest BCUT2D eigenvalue weighted by atomic mass is 10.1. The van der Waals surface area contributed by atoms with Gasteiger partial charge in [-0.25, -0.2) is 9.78 Å². The topological polar surface area (TPSA) is 68.3 Å². The van der Waals surface area contributed by atoms with Crippen molar-refractivity contribution in [1.29, 1.82) is 0 Å². The molecule has 0 aliphatic carbocycles. The van der Waals surface area contributed by atoms with Crippen molar-refractivity contribution in [2.45, 2.75) is 33.6 Å². The molecule has 1 amide bonds. The Kier molecular flexibility index (Phi) is 5.31. The molecule has 0 saturated heterocycles. The Morgan fingerprint density at radius 3 is 2.68 bits per heavy atom. The first-order valence-corrected chi connectivity index (χ1v) is 8.56. The second-order valence-electron chi connectivity index (χ2n) is 4.82. The van der Waals surface area contributed by atoms with E-state index in [2.05, 4.69) is 22.0 Å². The molecule has 0 unspecified atom stereocenters. The number of nitrogens with one attached hydrogen (secondary N) is 1. The molecule has 7 heteroatoms. The number of thiophene rings is 1. The summed E-state index contributed by atoms with van der Waals surface area (Å²) in [5, 5.41) is 3.16. The van der Waals surface area contributed by atoms with E-state index in [1.807, 2.05) is 13.0 Å². The molecule has 0 aromatic carbocycles. The highest BCUT2D eigenvalue weighted by atomic mass is 32.1. The van der Waals surface area contributed by atoms with Gasteiger partial charge in [0.05, 0.1) is 17.7 Å². The van der Waals surface area contributed by atoms with Crippen LogP contribution in [0.25, 0.3) is 0 Å². The predicted octanol–water partition coefficient (Wildman–Crippen LogP) is 3.81. The third kappa shape index (κ3) is 3.53. The van der Waals surface area contributed by atoms with Gasteiger partial charge in [0, 0.05) is 4.88 Å². The minimum absolute atomic E-state index is 0.194. The summed E-state index contributed by atoms with van der Waals surface area (Å²) in [5.41, 5.74) is 1.77. The summed E-state index contributed by atoms with van der Waals surface area (Å²) in [6.45, 7) is 5.85. The highest BCUT2D eigenvalue weighted by Crippen LogP contribution is 2.26. The van der Waals surface area contributed by atoms with Crippen LogP contribution in [0.2, 0.25) is 0 Å². The fourth-order valence-corrected chi connectivity index (χ4v) is 3.89. The van der Waals surface area contributed by atoms with Crippen LogP contribution in [-0.4, -0.2) is 24.0 Å². The average molecular weight is 338 g/mol. The van der Waals surface area contributed by atoms with Gasteiger partial charge in [0.15, 0.2) is 5.13 Å². The lowest BCUT2D eigenvalue weighted by Gasteiger charge is -1.97. The number of amides is 1. The standard InChI is InChI=1S/C15H18N2O3S2/c1-5-6-10-7-11(21-9(10)3)13(18)17-15-16-8(2)12(22-15)14(19)20-4/h7H,5-6H2,1-4H3,(H,16,17,18). The third-order valence-corrected chi connectivity index (χ3v) is 5.30. The van der Waals surface area contributed by atoms with E-state index in [9.17, 15) is 9.59 Å². The number of esters is 1. The summed E-state index contributed by atoms with van der Waals surface area (Å²) in [7, 11) is 1.32.